The van der Waals surface area contributed by atoms with Crippen molar-refractivity contribution >= 4 is 51.9 Å². The molecular weight excluding hydrogens is 401 g/mol. The minimum Gasteiger partial charge on any atom is -0.258 e. The van der Waals surface area contributed by atoms with Crippen LogP contribution in [0.5, 0.6) is 0 Å². The van der Waals surface area contributed by atoms with Crippen molar-refractivity contribution in [2.45, 2.75) is 6.92 Å². The molecule has 2 aromatic carbocycles. The molecule has 0 atom stereocenters. The Morgan fingerprint density at radius 3 is 2.27 bits per heavy atom. The Bertz CT molecular complexity index is 992. The molecule has 0 aliphatic heterocycles. The summed E-state index contributed by atoms with van der Waals surface area (Å²) in [5.74, 6) is 0. The monoisotopic (exact) mass is 409 g/mol. The lowest BCUT2D eigenvalue weighted by atomic mass is 10.3. The van der Waals surface area contributed by atoms with Gasteiger partial charge in [0.2, 0.25) is 0 Å². The van der Waals surface area contributed by atoms with Crippen LogP contribution < -0.4 is 0 Å². The number of aromatic nitrogens is 2. The smallest absolute Gasteiger partial charge is 0.258 e. The third-order valence-electron chi connectivity index (χ3n) is 3.42. The molecule has 0 aliphatic carbocycles. The van der Waals surface area contributed by atoms with Crippen LogP contribution in [0.15, 0.2) is 52.8 Å². The van der Waals surface area contributed by atoms with E-state index in [1.165, 1.54) is 28.9 Å². The average Bonchev–Trinajstić information content (AvgIpc) is 2.92. The molecule has 0 unspecified atom stereocenters. The number of nitro benzene ring substituents is 1. The van der Waals surface area contributed by atoms with E-state index in [1.807, 2.05) is 0 Å². The number of hydrogen-bond acceptors (Lipinski definition) is 5. The minimum atomic E-state index is -0.477. The number of nitro groups is 1. The molecule has 1 aromatic heterocycles. The fourth-order valence-electron chi connectivity index (χ4n) is 2.17. The second-order valence-electron chi connectivity index (χ2n) is 5.24. The molecule has 0 aliphatic rings. The van der Waals surface area contributed by atoms with E-state index >= 15 is 0 Å². The maximum Gasteiger partial charge on any atom is 0.269 e. The Labute approximate surface area is 163 Å². The predicted octanol–water partition coefficient (Wildman–Crippen LogP) is 6.46. The summed E-state index contributed by atoms with van der Waals surface area (Å²) >= 11 is 18.3. The van der Waals surface area contributed by atoms with Gasteiger partial charge in [0.25, 0.3) is 5.69 Å². The van der Waals surface area contributed by atoms with Crippen molar-refractivity contribution in [2.75, 3.05) is 0 Å². The molecule has 0 bridgehead atoms. The highest BCUT2D eigenvalue weighted by Crippen LogP contribution is 2.33. The summed E-state index contributed by atoms with van der Waals surface area (Å²) < 4.78 is 1.50. The Kier molecular flexibility index (Phi) is 5.22. The maximum absolute atomic E-state index is 10.7. The van der Waals surface area contributed by atoms with Crippen LogP contribution in [0, 0.1) is 17.0 Å². The molecule has 0 radical (unpaired) electrons. The zero-order valence-corrected chi connectivity index (χ0v) is 15.5. The van der Waals surface area contributed by atoms with Crippen LogP contribution in [0.1, 0.15) is 5.69 Å². The van der Waals surface area contributed by atoms with Gasteiger partial charge in [0.05, 0.1) is 32.5 Å². The van der Waals surface area contributed by atoms with Gasteiger partial charge < -0.3 is 0 Å². The third-order valence-corrected chi connectivity index (χ3v) is 4.21. The van der Waals surface area contributed by atoms with Crippen LogP contribution in [-0.4, -0.2) is 14.7 Å². The lowest BCUT2D eigenvalue weighted by Crippen LogP contribution is -1.97. The van der Waals surface area contributed by atoms with Crippen molar-refractivity contribution in [3.63, 3.8) is 0 Å². The van der Waals surface area contributed by atoms with E-state index < -0.39 is 4.92 Å². The third kappa shape index (κ3) is 3.85. The van der Waals surface area contributed by atoms with Crippen LogP contribution >= 0.6 is 34.8 Å². The zero-order chi connectivity index (χ0) is 18.8. The number of non-ortho nitro benzene ring substituents is 1. The molecule has 1 heterocycles. The normalized spacial score (nSPS) is 11.2. The first-order chi connectivity index (χ1) is 12.3. The van der Waals surface area contributed by atoms with E-state index in [2.05, 4.69) is 15.3 Å². The van der Waals surface area contributed by atoms with Gasteiger partial charge in [-0.2, -0.15) is 10.2 Å². The van der Waals surface area contributed by atoms with Crippen LogP contribution in [0.4, 0.5) is 17.1 Å². The van der Waals surface area contributed by atoms with Gasteiger partial charge >= 0.3 is 0 Å². The van der Waals surface area contributed by atoms with Crippen LogP contribution in [-0.2, 0) is 0 Å². The number of rotatable bonds is 4. The second-order valence-corrected chi connectivity index (χ2v) is 6.49. The molecule has 0 fully saturated rings. The first kappa shape index (κ1) is 18.3. The summed E-state index contributed by atoms with van der Waals surface area (Å²) in [6.45, 7) is 1.76. The number of azo groups is 1. The number of halogens is 3. The van der Waals surface area contributed by atoms with E-state index in [-0.39, 0.29) is 5.69 Å². The van der Waals surface area contributed by atoms with Crippen molar-refractivity contribution in [1.29, 1.82) is 0 Å². The molecule has 10 heteroatoms. The molecule has 132 valence electrons. The molecule has 0 saturated carbocycles. The van der Waals surface area contributed by atoms with Gasteiger partial charge in [-0.3, -0.25) is 10.1 Å². The Balaban J connectivity index is 1.90. The molecule has 0 amide bonds. The maximum atomic E-state index is 10.7. The first-order valence-electron chi connectivity index (χ1n) is 7.22. The molecule has 0 saturated heterocycles. The van der Waals surface area contributed by atoms with Gasteiger partial charge in [0.15, 0.2) is 0 Å². The van der Waals surface area contributed by atoms with E-state index in [4.69, 9.17) is 34.8 Å². The number of hydrogen-bond donors (Lipinski definition) is 0. The second kappa shape index (κ2) is 7.41. The van der Waals surface area contributed by atoms with E-state index in [0.717, 1.165) is 0 Å². The van der Waals surface area contributed by atoms with Crippen molar-refractivity contribution in [2.24, 2.45) is 10.2 Å². The quantitative estimate of drug-likeness (QED) is 0.281. The van der Waals surface area contributed by atoms with E-state index in [9.17, 15) is 10.1 Å². The number of nitrogens with zero attached hydrogens (tertiary/aromatic N) is 5. The highest BCUT2D eigenvalue weighted by Gasteiger charge is 2.13. The van der Waals surface area contributed by atoms with Gasteiger partial charge in [-0.25, -0.2) is 4.68 Å². The van der Waals surface area contributed by atoms with Crippen LogP contribution in [0.2, 0.25) is 15.1 Å². The summed E-state index contributed by atoms with van der Waals surface area (Å²) in [4.78, 5) is 10.2. The van der Waals surface area contributed by atoms with Crippen LogP contribution in [0.25, 0.3) is 5.69 Å². The molecule has 3 rings (SSSR count). The summed E-state index contributed by atoms with van der Waals surface area (Å²) in [7, 11) is 0. The largest absolute Gasteiger partial charge is 0.269 e. The van der Waals surface area contributed by atoms with Crippen molar-refractivity contribution < 1.29 is 4.92 Å². The van der Waals surface area contributed by atoms with E-state index in [0.29, 0.717) is 37.8 Å². The van der Waals surface area contributed by atoms with Crippen molar-refractivity contribution in [3.05, 3.63) is 73.5 Å². The number of benzene rings is 2. The van der Waals surface area contributed by atoms with Gasteiger partial charge in [0, 0.05) is 17.2 Å². The standard InChI is InChI=1S/C16H10Cl3N5O2/c1-9-15(21-20-11-2-4-12(5-3-11)24(25)26)8-23(22-9)16-13(18)6-10(17)7-14(16)19/h2-8H,1H3. The first-order valence-corrected chi connectivity index (χ1v) is 8.36. The van der Waals surface area contributed by atoms with Gasteiger partial charge in [0.1, 0.15) is 11.4 Å². The SMILES string of the molecule is Cc1nn(-c2c(Cl)cc(Cl)cc2Cl)cc1N=Nc1ccc([N+](=O)[O-])cc1. The fourth-order valence-corrected chi connectivity index (χ4v) is 3.16. The van der Waals surface area contributed by atoms with Gasteiger partial charge in [-0.15, -0.1) is 5.11 Å². The highest BCUT2D eigenvalue weighted by atomic mass is 35.5. The Morgan fingerprint density at radius 1 is 1.08 bits per heavy atom. The summed E-state index contributed by atoms with van der Waals surface area (Å²) in [6.07, 6.45) is 1.63. The summed E-state index contributed by atoms with van der Waals surface area (Å²) in [6, 6.07) is 8.87. The molecule has 7 nitrogen and oxygen atoms in total. The highest BCUT2D eigenvalue weighted by molar-refractivity contribution is 6.40. The fraction of sp³-hybridized carbons (Fsp3) is 0.0625. The minimum absolute atomic E-state index is 0.0139. The molecule has 26 heavy (non-hydrogen) atoms. The van der Waals surface area contributed by atoms with Gasteiger partial charge in [-0.05, 0) is 31.2 Å². The molecule has 0 spiro atoms. The summed E-state index contributed by atoms with van der Waals surface area (Å²) in [5.41, 5.74) is 2.06. The summed E-state index contributed by atoms with van der Waals surface area (Å²) in [5, 5.41) is 24.3. The predicted molar refractivity (Wildman–Crippen MR) is 101 cm³/mol. The zero-order valence-electron chi connectivity index (χ0n) is 13.2. The lowest BCUT2D eigenvalue weighted by Gasteiger charge is -2.07. The van der Waals surface area contributed by atoms with Gasteiger partial charge in [-0.1, -0.05) is 34.8 Å². The van der Waals surface area contributed by atoms with Crippen molar-refractivity contribution in [3.8, 4) is 5.69 Å². The molecule has 0 N–H and O–H groups in total. The van der Waals surface area contributed by atoms with E-state index in [1.54, 1.807) is 25.3 Å². The number of aryl methyl sites for hydroxylation is 1. The topological polar surface area (TPSA) is 85.7 Å². The van der Waals surface area contributed by atoms with Crippen molar-refractivity contribution in [1.82, 2.24) is 9.78 Å². The Hall–Kier alpha value is -2.48. The molecule has 3 aromatic rings. The Morgan fingerprint density at radius 2 is 1.69 bits per heavy atom. The van der Waals surface area contributed by atoms with Crippen LogP contribution in [0.3, 0.4) is 0 Å². The lowest BCUT2D eigenvalue weighted by molar-refractivity contribution is -0.384. The average molecular weight is 411 g/mol. The molecular formula is C16H10Cl3N5O2.